The van der Waals surface area contributed by atoms with Gasteiger partial charge in [-0.25, -0.2) is 4.39 Å². The van der Waals surface area contributed by atoms with Gasteiger partial charge in [-0.05, 0) is 42.5 Å². The Morgan fingerprint density at radius 1 is 1.21 bits per heavy atom. The molecule has 0 heterocycles. The Labute approximate surface area is 115 Å². The molecule has 0 atom stereocenters. The van der Waals surface area contributed by atoms with Gasteiger partial charge in [-0.3, -0.25) is 4.79 Å². The first kappa shape index (κ1) is 13.4. The first-order valence-electron chi connectivity index (χ1n) is 5.50. The van der Waals surface area contributed by atoms with Crippen molar-refractivity contribution in [1.29, 1.82) is 0 Å². The van der Waals surface area contributed by atoms with Gasteiger partial charge in [-0.1, -0.05) is 11.6 Å². The molecule has 3 nitrogen and oxygen atoms in total. The second-order valence-electron chi connectivity index (χ2n) is 3.81. The Morgan fingerprint density at radius 3 is 2.47 bits per heavy atom. The molecule has 2 rings (SSSR count). The summed E-state index contributed by atoms with van der Waals surface area (Å²) in [6.07, 6.45) is 0. The van der Waals surface area contributed by atoms with E-state index in [4.69, 9.17) is 16.3 Å². The zero-order chi connectivity index (χ0) is 13.8. The van der Waals surface area contributed by atoms with Gasteiger partial charge in [0, 0.05) is 10.7 Å². The lowest BCUT2D eigenvalue weighted by Gasteiger charge is -2.07. The normalized spacial score (nSPS) is 10.1. The van der Waals surface area contributed by atoms with Crippen molar-refractivity contribution in [1.82, 2.24) is 0 Å². The van der Waals surface area contributed by atoms with E-state index in [2.05, 4.69) is 5.32 Å². The second-order valence-corrected chi connectivity index (χ2v) is 4.24. The number of rotatable bonds is 3. The number of amides is 1. The minimum absolute atomic E-state index is 0.0554. The maximum Gasteiger partial charge on any atom is 0.258 e. The van der Waals surface area contributed by atoms with Crippen molar-refractivity contribution >= 4 is 23.2 Å². The van der Waals surface area contributed by atoms with Crippen molar-refractivity contribution in [2.24, 2.45) is 0 Å². The van der Waals surface area contributed by atoms with Crippen LogP contribution in [0.15, 0.2) is 42.5 Å². The van der Waals surface area contributed by atoms with E-state index in [9.17, 15) is 9.18 Å². The predicted octanol–water partition coefficient (Wildman–Crippen LogP) is 3.74. The fraction of sp³-hybridized carbons (Fsp3) is 0.0714. The van der Waals surface area contributed by atoms with Crippen LogP contribution >= 0.6 is 11.6 Å². The molecule has 0 aliphatic rings. The average Bonchev–Trinajstić information content (AvgIpc) is 2.39. The van der Waals surface area contributed by atoms with E-state index in [1.165, 1.54) is 12.1 Å². The van der Waals surface area contributed by atoms with Crippen LogP contribution in [0.2, 0.25) is 5.02 Å². The molecular weight excluding hydrogens is 269 g/mol. The number of anilines is 1. The molecule has 2 aromatic rings. The lowest BCUT2D eigenvalue weighted by molar-refractivity contribution is 0.102. The third kappa shape index (κ3) is 3.23. The molecule has 0 fully saturated rings. The molecule has 0 unspecified atom stereocenters. The molecule has 0 radical (unpaired) electrons. The maximum atomic E-state index is 13.6. The van der Waals surface area contributed by atoms with E-state index >= 15 is 0 Å². The summed E-state index contributed by atoms with van der Waals surface area (Å²) in [4.78, 5) is 11.9. The highest BCUT2D eigenvalue weighted by atomic mass is 35.5. The van der Waals surface area contributed by atoms with Crippen molar-refractivity contribution in [2.75, 3.05) is 12.4 Å². The summed E-state index contributed by atoms with van der Waals surface area (Å²) in [7, 11) is 1.55. The summed E-state index contributed by atoms with van der Waals surface area (Å²) >= 11 is 5.63. The van der Waals surface area contributed by atoms with Gasteiger partial charge >= 0.3 is 0 Å². The van der Waals surface area contributed by atoms with Gasteiger partial charge in [-0.15, -0.1) is 0 Å². The van der Waals surface area contributed by atoms with Crippen molar-refractivity contribution in [3.8, 4) is 5.75 Å². The summed E-state index contributed by atoms with van der Waals surface area (Å²) < 4.78 is 18.6. The topological polar surface area (TPSA) is 38.3 Å². The van der Waals surface area contributed by atoms with Crippen LogP contribution < -0.4 is 10.1 Å². The molecule has 2 aromatic carbocycles. The zero-order valence-corrected chi connectivity index (χ0v) is 10.9. The maximum absolute atomic E-state index is 13.6. The number of ether oxygens (including phenoxy) is 1. The summed E-state index contributed by atoms with van der Waals surface area (Å²) in [5.74, 6) is -0.506. The summed E-state index contributed by atoms with van der Waals surface area (Å²) in [5.41, 5.74) is 0.500. The molecule has 0 aromatic heterocycles. The standard InChI is InChI=1S/C14H11ClFNO2/c1-19-11-5-3-10(4-6-11)17-14(18)12-7-2-9(15)8-13(12)16/h2-8H,1H3,(H,17,18). The van der Waals surface area contributed by atoms with Crippen LogP contribution in [0.5, 0.6) is 5.75 Å². The molecule has 0 saturated carbocycles. The largest absolute Gasteiger partial charge is 0.497 e. The first-order valence-corrected chi connectivity index (χ1v) is 5.88. The lowest BCUT2D eigenvalue weighted by Crippen LogP contribution is -2.13. The highest BCUT2D eigenvalue weighted by Gasteiger charge is 2.12. The number of carbonyl (C=O) groups excluding carboxylic acids is 1. The monoisotopic (exact) mass is 279 g/mol. The van der Waals surface area contributed by atoms with Gasteiger partial charge < -0.3 is 10.1 Å². The van der Waals surface area contributed by atoms with E-state index in [0.29, 0.717) is 11.4 Å². The van der Waals surface area contributed by atoms with Gasteiger partial charge in [0.25, 0.3) is 5.91 Å². The van der Waals surface area contributed by atoms with Crippen molar-refractivity contribution in [3.63, 3.8) is 0 Å². The van der Waals surface area contributed by atoms with Crippen molar-refractivity contribution < 1.29 is 13.9 Å². The van der Waals surface area contributed by atoms with E-state index < -0.39 is 11.7 Å². The number of halogens is 2. The molecule has 19 heavy (non-hydrogen) atoms. The Bertz CT molecular complexity index is 599. The number of methoxy groups -OCH3 is 1. The zero-order valence-electron chi connectivity index (χ0n) is 10.1. The molecular formula is C14H11ClFNO2. The number of carbonyl (C=O) groups is 1. The smallest absolute Gasteiger partial charge is 0.258 e. The summed E-state index contributed by atoms with van der Waals surface area (Å²) in [6, 6.07) is 10.7. The molecule has 0 spiro atoms. The fourth-order valence-electron chi connectivity index (χ4n) is 1.55. The van der Waals surface area contributed by atoms with Crippen LogP contribution in [0.4, 0.5) is 10.1 Å². The molecule has 0 aliphatic heterocycles. The van der Waals surface area contributed by atoms with E-state index in [1.807, 2.05) is 0 Å². The van der Waals surface area contributed by atoms with Gasteiger partial charge in [0.1, 0.15) is 11.6 Å². The van der Waals surface area contributed by atoms with E-state index in [0.717, 1.165) is 6.07 Å². The molecule has 98 valence electrons. The number of hydrogen-bond acceptors (Lipinski definition) is 2. The highest BCUT2D eigenvalue weighted by Crippen LogP contribution is 2.18. The van der Waals surface area contributed by atoms with Crippen LogP contribution in [0, 0.1) is 5.82 Å². The highest BCUT2D eigenvalue weighted by molar-refractivity contribution is 6.30. The Morgan fingerprint density at radius 2 is 1.89 bits per heavy atom. The summed E-state index contributed by atoms with van der Waals surface area (Å²) in [6.45, 7) is 0. The van der Waals surface area contributed by atoms with Crippen LogP contribution in [-0.4, -0.2) is 13.0 Å². The molecule has 1 amide bonds. The van der Waals surface area contributed by atoms with Gasteiger partial charge in [-0.2, -0.15) is 0 Å². The second kappa shape index (κ2) is 5.71. The van der Waals surface area contributed by atoms with E-state index in [-0.39, 0.29) is 10.6 Å². The third-order valence-corrected chi connectivity index (χ3v) is 2.76. The lowest BCUT2D eigenvalue weighted by atomic mass is 10.2. The van der Waals surface area contributed by atoms with Crippen LogP contribution in [0.25, 0.3) is 0 Å². The van der Waals surface area contributed by atoms with Crippen molar-refractivity contribution in [2.45, 2.75) is 0 Å². The molecule has 0 saturated heterocycles. The minimum atomic E-state index is -0.654. The molecule has 0 aliphatic carbocycles. The SMILES string of the molecule is COc1ccc(NC(=O)c2ccc(Cl)cc2F)cc1. The van der Waals surface area contributed by atoms with Gasteiger partial charge in [0.05, 0.1) is 12.7 Å². The minimum Gasteiger partial charge on any atom is -0.497 e. The Balaban J connectivity index is 2.15. The third-order valence-electron chi connectivity index (χ3n) is 2.52. The average molecular weight is 280 g/mol. The van der Waals surface area contributed by atoms with Crippen LogP contribution in [-0.2, 0) is 0 Å². The number of nitrogens with one attached hydrogen (secondary N) is 1. The predicted molar refractivity (Wildman–Crippen MR) is 72.4 cm³/mol. The van der Waals surface area contributed by atoms with Crippen LogP contribution in [0.3, 0.4) is 0 Å². The Kier molecular flexibility index (Phi) is 4.02. The van der Waals surface area contributed by atoms with Gasteiger partial charge in [0.2, 0.25) is 0 Å². The quantitative estimate of drug-likeness (QED) is 0.929. The van der Waals surface area contributed by atoms with Gasteiger partial charge in [0.15, 0.2) is 0 Å². The number of benzene rings is 2. The van der Waals surface area contributed by atoms with E-state index in [1.54, 1.807) is 31.4 Å². The molecule has 1 N–H and O–H groups in total. The fourth-order valence-corrected chi connectivity index (χ4v) is 1.71. The first-order chi connectivity index (χ1) is 9.10. The molecule has 5 heteroatoms. The van der Waals surface area contributed by atoms with Crippen molar-refractivity contribution in [3.05, 3.63) is 58.9 Å². The van der Waals surface area contributed by atoms with Crippen LogP contribution in [0.1, 0.15) is 10.4 Å². The molecule has 0 bridgehead atoms. The Hall–Kier alpha value is -2.07. The number of hydrogen-bond donors (Lipinski definition) is 1. The summed E-state index contributed by atoms with van der Waals surface area (Å²) in [5, 5.41) is 2.84.